The second kappa shape index (κ2) is 6.76. The smallest absolute Gasteiger partial charge is 0.259 e. The van der Waals surface area contributed by atoms with Crippen LogP contribution in [0.2, 0.25) is 5.02 Å². The molecule has 1 aromatic heterocycles. The topological polar surface area (TPSA) is 64.1 Å². The molecule has 0 saturated heterocycles. The lowest BCUT2D eigenvalue weighted by Gasteiger charge is -2.10. The van der Waals surface area contributed by atoms with E-state index in [1.807, 2.05) is 24.3 Å². The van der Waals surface area contributed by atoms with Crippen LogP contribution >= 0.6 is 23.1 Å². The van der Waals surface area contributed by atoms with E-state index in [1.54, 1.807) is 24.4 Å². The maximum Gasteiger partial charge on any atom is 0.259 e. The molecule has 5 nitrogen and oxygen atoms in total. The average Bonchev–Trinajstić information content (AvgIpc) is 3.10. The molecule has 0 saturated carbocycles. The van der Waals surface area contributed by atoms with Crippen molar-refractivity contribution in [2.75, 3.05) is 12.4 Å². The Kier molecular flexibility index (Phi) is 4.55. The van der Waals surface area contributed by atoms with E-state index in [4.69, 9.17) is 16.3 Å². The monoisotopic (exact) mass is 345 g/mol. The summed E-state index contributed by atoms with van der Waals surface area (Å²) in [4.78, 5) is 13.4. The van der Waals surface area contributed by atoms with E-state index in [1.165, 1.54) is 18.6 Å². The summed E-state index contributed by atoms with van der Waals surface area (Å²) in [6.07, 6.45) is 1.70. The summed E-state index contributed by atoms with van der Waals surface area (Å²) in [6, 6.07) is 12.4. The Labute approximate surface area is 142 Å². The lowest BCUT2D eigenvalue weighted by atomic mass is 10.1. The summed E-state index contributed by atoms with van der Waals surface area (Å²) < 4.78 is 9.03. The van der Waals surface area contributed by atoms with Crippen LogP contribution < -0.4 is 10.1 Å². The molecule has 0 aliphatic rings. The first-order valence-corrected chi connectivity index (χ1v) is 7.85. The second-order valence-corrected chi connectivity index (χ2v) is 5.88. The Bertz CT molecular complexity index is 820. The number of benzene rings is 2. The maximum atomic E-state index is 12.4. The van der Waals surface area contributed by atoms with Crippen molar-refractivity contribution in [3.63, 3.8) is 0 Å². The lowest BCUT2D eigenvalue weighted by molar-refractivity contribution is 0.102. The van der Waals surface area contributed by atoms with Crippen molar-refractivity contribution < 1.29 is 9.53 Å². The van der Waals surface area contributed by atoms with Crippen LogP contribution in [0.3, 0.4) is 0 Å². The Morgan fingerprint density at radius 1 is 1.22 bits per heavy atom. The van der Waals surface area contributed by atoms with Crippen molar-refractivity contribution in [2.24, 2.45) is 0 Å². The second-order valence-electron chi connectivity index (χ2n) is 4.66. The first-order valence-electron chi connectivity index (χ1n) is 6.70. The van der Waals surface area contributed by atoms with Gasteiger partial charge < -0.3 is 10.1 Å². The summed E-state index contributed by atoms with van der Waals surface area (Å²) >= 11 is 7.27. The van der Waals surface area contributed by atoms with Crippen molar-refractivity contribution in [1.29, 1.82) is 0 Å². The maximum absolute atomic E-state index is 12.4. The van der Waals surface area contributed by atoms with Gasteiger partial charge in [-0.2, -0.15) is 0 Å². The molecule has 23 heavy (non-hydrogen) atoms. The van der Waals surface area contributed by atoms with Crippen LogP contribution in [-0.4, -0.2) is 22.6 Å². The number of aromatic nitrogens is 2. The van der Waals surface area contributed by atoms with Crippen LogP contribution in [0, 0.1) is 0 Å². The molecule has 0 bridgehead atoms. The lowest BCUT2D eigenvalue weighted by Crippen LogP contribution is -2.13. The zero-order chi connectivity index (χ0) is 16.2. The fourth-order valence-corrected chi connectivity index (χ4v) is 2.76. The molecule has 0 spiro atoms. The van der Waals surface area contributed by atoms with Crippen LogP contribution in [0.1, 0.15) is 10.4 Å². The van der Waals surface area contributed by atoms with Crippen molar-refractivity contribution in [2.45, 2.75) is 0 Å². The number of hydrogen-bond donors (Lipinski definition) is 1. The van der Waals surface area contributed by atoms with Gasteiger partial charge in [0.1, 0.15) is 5.75 Å². The Morgan fingerprint density at radius 2 is 2.00 bits per heavy atom. The normalized spacial score (nSPS) is 10.3. The van der Waals surface area contributed by atoms with Gasteiger partial charge in [-0.15, -0.1) is 5.10 Å². The minimum absolute atomic E-state index is 0.281. The highest BCUT2D eigenvalue weighted by Crippen LogP contribution is 2.26. The van der Waals surface area contributed by atoms with Crippen LogP contribution in [0.5, 0.6) is 5.75 Å². The van der Waals surface area contributed by atoms with E-state index in [9.17, 15) is 4.79 Å². The highest BCUT2D eigenvalue weighted by atomic mass is 35.5. The largest absolute Gasteiger partial charge is 0.496 e. The number of nitrogens with zero attached hydrogens (tertiary/aromatic N) is 2. The minimum Gasteiger partial charge on any atom is -0.496 e. The van der Waals surface area contributed by atoms with Crippen molar-refractivity contribution in [1.82, 2.24) is 9.59 Å². The summed E-state index contributed by atoms with van der Waals surface area (Å²) in [5, 5.41) is 7.11. The third kappa shape index (κ3) is 3.49. The zero-order valence-corrected chi connectivity index (χ0v) is 13.7. The number of carbonyl (C=O) groups excluding carboxylic acids is 1. The van der Waals surface area contributed by atoms with Gasteiger partial charge in [0.05, 0.1) is 23.7 Å². The molecule has 0 radical (unpaired) electrons. The van der Waals surface area contributed by atoms with Gasteiger partial charge in [0.2, 0.25) is 0 Å². The molecule has 3 rings (SSSR count). The van der Waals surface area contributed by atoms with Gasteiger partial charge in [-0.05, 0) is 47.4 Å². The fourth-order valence-electron chi connectivity index (χ4n) is 2.07. The number of rotatable bonds is 4. The molecule has 3 aromatic rings. The molecule has 1 heterocycles. The number of carbonyl (C=O) groups is 1. The number of halogens is 1. The Balaban J connectivity index is 1.79. The molecule has 1 amide bonds. The van der Waals surface area contributed by atoms with E-state index in [-0.39, 0.29) is 5.91 Å². The van der Waals surface area contributed by atoms with Gasteiger partial charge in [0.25, 0.3) is 5.91 Å². The number of hydrogen-bond acceptors (Lipinski definition) is 5. The Hall–Kier alpha value is -2.44. The molecule has 0 fully saturated rings. The molecule has 116 valence electrons. The Morgan fingerprint density at radius 3 is 2.65 bits per heavy atom. The van der Waals surface area contributed by atoms with Crippen molar-refractivity contribution in [3.8, 4) is 16.2 Å². The van der Waals surface area contributed by atoms with Gasteiger partial charge >= 0.3 is 0 Å². The third-order valence-electron chi connectivity index (χ3n) is 3.19. The van der Waals surface area contributed by atoms with Gasteiger partial charge in [-0.3, -0.25) is 4.79 Å². The molecule has 0 atom stereocenters. The highest BCUT2D eigenvalue weighted by Gasteiger charge is 2.13. The molecule has 1 N–H and O–H groups in total. The van der Waals surface area contributed by atoms with Gasteiger partial charge in [-0.25, -0.2) is 0 Å². The van der Waals surface area contributed by atoms with Crippen LogP contribution in [0.25, 0.3) is 10.4 Å². The molecule has 0 aliphatic carbocycles. The zero-order valence-electron chi connectivity index (χ0n) is 12.1. The fraction of sp³-hybridized carbons (Fsp3) is 0.0625. The summed E-state index contributed by atoms with van der Waals surface area (Å²) in [7, 11) is 1.51. The quantitative estimate of drug-likeness (QED) is 0.772. The molecule has 2 aromatic carbocycles. The van der Waals surface area contributed by atoms with E-state index in [0.29, 0.717) is 22.0 Å². The van der Waals surface area contributed by atoms with Crippen LogP contribution in [-0.2, 0) is 0 Å². The number of methoxy groups -OCH3 is 1. The number of amides is 1. The van der Waals surface area contributed by atoms with E-state index < -0.39 is 0 Å². The predicted octanol–water partition coefficient (Wildman–Crippen LogP) is 4.12. The summed E-state index contributed by atoms with van der Waals surface area (Å²) in [5.41, 5.74) is 2.06. The highest BCUT2D eigenvalue weighted by molar-refractivity contribution is 7.09. The van der Waals surface area contributed by atoms with Gasteiger partial charge in [0, 0.05) is 10.7 Å². The first-order chi connectivity index (χ1) is 11.2. The third-order valence-corrected chi connectivity index (χ3v) is 4.14. The van der Waals surface area contributed by atoms with Gasteiger partial charge in [-0.1, -0.05) is 28.2 Å². The van der Waals surface area contributed by atoms with Gasteiger partial charge in [0.15, 0.2) is 0 Å². The van der Waals surface area contributed by atoms with E-state index >= 15 is 0 Å². The van der Waals surface area contributed by atoms with Crippen molar-refractivity contribution >= 4 is 34.7 Å². The standard InChI is InChI=1S/C16H12ClN3O2S/c1-22-14-7-4-11(17)8-13(14)16(21)19-12-5-2-10(3-6-12)15-9-18-20-23-15/h2-9H,1H3,(H,19,21). The number of anilines is 1. The summed E-state index contributed by atoms with van der Waals surface area (Å²) in [5.74, 6) is 0.191. The molecule has 0 unspecified atom stereocenters. The molecule has 0 aliphatic heterocycles. The van der Waals surface area contributed by atoms with E-state index in [2.05, 4.69) is 14.9 Å². The SMILES string of the molecule is COc1ccc(Cl)cc1C(=O)Nc1ccc(-c2cnns2)cc1. The number of nitrogens with one attached hydrogen (secondary N) is 1. The molecular weight excluding hydrogens is 334 g/mol. The first kappa shape index (κ1) is 15.5. The van der Waals surface area contributed by atoms with Crippen LogP contribution in [0.4, 0.5) is 5.69 Å². The minimum atomic E-state index is -0.281. The molecular formula is C16H12ClN3O2S. The summed E-state index contributed by atoms with van der Waals surface area (Å²) in [6.45, 7) is 0. The average molecular weight is 346 g/mol. The number of ether oxygens (including phenoxy) is 1. The van der Waals surface area contributed by atoms with E-state index in [0.717, 1.165) is 10.4 Å². The predicted molar refractivity (Wildman–Crippen MR) is 91.3 cm³/mol. The van der Waals surface area contributed by atoms with Crippen LogP contribution in [0.15, 0.2) is 48.7 Å². The molecule has 7 heteroatoms. The van der Waals surface area contributed by atoms with Crippen molar-refractivity contribution in [3.05, 3.63) is 59.2 Å².